The Morgan fingerprint density at radius 1 is 0.900 bits per heavy atom. The maximum Gasteiger partial charge on any atom is 0.306 e. The minimum absolute atomic E-state index is 0.00162. The molecule has 3 saturated carbocycles. The van der Waals surface area contributed by atoms with Crippen LogP contribution in [0.3, 0.4) is 0 Å². The molecule has 0 spiro atoms. The van der Waals surface area contributed by atoms with E-state index in [9.17, 15) is 32.7 Å². The van der Waals surface area contributed by atoms with Gasteiger partial charge in [-0.1, -0.05) is 6.07 Å². The fourth-order valence-electron chi connectivity index (χ4n) is 6.51. The first kappa shape index (κ1) is 27.8. The van der Waals surface area contributed by atoms with Gasteiger partial charge in [-0.05, 0) is 75.0 Å². The van der Waals surface area contributed by atoms with E-state index in [2.05, 4.69) is 10.6 Å². The SMILES string of the molecule is COc1cc(F)c(OC2CCC(C(=O)O)CC2)cc1C(=O)NC1C2CCC(C2)C1C(=O)Nc1c(F)cccc1F. The highest BCUT2D eigenvalue weighted by Gasteiger charge is 2.51. The van der Waals surface area contributed by atoms with Crippen molar-refractivity contribution in [3.05, 3.63) is 53.3 Å². The predicted molar refractivity (Wildman–Crippen MR) is 138 cm³/mol. The number of amides is 2. The van der Waals surface area contributed by atoms with Gasteiger partial charge in [-0.2, -0.15) is 0 Å². The number of nitrogens with one attached hydrogen (secondary N) is 2. The van der Waals surface area contributed by atoms with Crippen molar-refractivity contribution in [1.29, 1.82) is 0 Å². The minimum Gasteiger partial charge on any atom is -0.496 e. The minimum atomic E-state index is -0.892. The molecule has 3 fully saturated rings. The molecule has 0 radical (unpaired) electrons. The van der Waals surface area contributed by atoms with Crippen LogP contribution in [0, 0.1) is 41.1 Å². The normalized spacial score (nSPS) is 27.2. The van der Waals surface area contributed by atoms with E-state index in [0.717, 1.165) is 31.0 Å². The molecule has 0 heterocycles. The van der Waals surface area contributed by atoms with Crippen molar-refractivity contribution in [1.82, 2.24) is 5.32 Å². The van der Waals surface area contributed by atoms with Crippen LogP contribution in [-0.4, -0.2) is 42.1 Å². The van der Waals surface area contributed by atoms with Crippen molar-refractivity contribution >= 4 is 23.5 Å². The monoisotopic (exact) mass is 560 g/mol. The Hall–Kier alpha value is -3.76. The lowest BCUT2D eigenvalue weighted by Crippen LogP contribution is -2.48. The summed E-state index contributed by atoms with van der Waals surface area (Å²) in [5, 5.41) is 14.5. The van der Waals surface area contributed by atoms with E-state index in [-0.39, 0.29) is 28.9 Å². The third-order valence-corrected chi connectivity index (χ3v) is 8.54. The van der Waals surface area contributed by atoms with Gasteiger partial charge in [0.1, 0.15) is 23.1 Å². The van der Waals surface area contributed by atoms with Gasteiger partial charge in [0.25, 0.3) is 5.91 Å². The summed E-state index contributed by atoms with van der Waals surface area (Å²) in [6.07, 6.45) is 3.55. The number of halogens is 3. The second-order valence-corrected chi connectivity index (χ2v) is 10.9. The molecule has 214 valence electrons. The molecular weight excluding hydrogens is 529 g/mol. The Morgan fingerprint density at radius 2 is 1.57 bits per heavy atom. The molecular formula is C29H31F3N2O6. The van der Waals surface area contributed by atoms with Gasteiger partial charge >= 0.3 is 5.97 Å². The van der Waals surface area contributed by atoms with Gasteiger partial charge in [0.2, 0.25) is 5.91 Å². The van der Waals surface area contributed by atoms with Gasteiger partial charge in [-0.15, -0.1) is 0 Å². The molecule has 2 amide bonds. The molecule has 2 aromatic carbocycles. The summed E-state index contributed by atoms with van der Waals surface area (Å²) >= 11 is 0. The molecule has 11 heteroatoms. The summed E-state index contributed by atoms with van der Waals surface area (Å²) in [4.78, 5) is 37.9. The van der Waals surface area contributed by atoms with Crippen LogP contribution in [0.4, 0.5) is 18.9 Å². The third kappa shape index (κ3) is 5.46. The molecule has 4 unspecified atom stereocenters. The smallest absolute Gasteiger partial charge is 0.306 e. The third-order valence-electron chi connectivity index (χ3n) is 8.54. The number of rotatable bonds is 8. The number of fused-ring (bicyclic) bond motifs is 2. The maximum atomic E-state index is 14.9. The number of ether oxygens (including phenoxy) is 2. The highest BCUT2D eigenvalue weighted by atomic mass is 19.1. The van der Waals surface area contributed by atoms with E-state index in [1.165, 1.54) is 19.2 Å². The molecule has 8 nitrogen and oxygen atoms in total. The molecule has 2 bridgehead atoms. The van der Waals surface area contributed by atoms with Crippen LogP contribution in [0.5, 0.6) is 11.5 Å². The van der Waals surface area contributed by atoms with Crippen LogP contribution in [-0.2, 0) is 9.59 Å². The Balaban J connectivity index is 1.33. The Kier molecular flexibility index (Phi) is 7.91. The number of carbonyl (C=O) groups is 3. The number of hydrogen-bond acceptors (Lipinski definition) is 5. The van der Waals surface area contributed by atoms with E-state index >= 15 is 0 Å². The molecule has 4 atom stereocenters. The first-order valence-electron chi connectivity index (χ1n) is 13.5. The number of carbonyl (C=O) groups excluding carboxylic acids is 2. The Labute approximate surface area is 229 Å². The lowest BCUT2D eigenvalue weighted by atomic mass is 9.83. The summed E-state index contributed by atoms with van der Waals surface area (Å²) in [6.45, 7) is 0. The number of para-hydroxylation sites is 1. The number of anilines is 1. The number of aliphatic carboxylic acids is 1. The topological polar surface area (TPSA) is 114 Å². The van der Waals surface area contributed by atoms with Crippen molar-refractivity contribution in [2.45, 2.75) is 57.1 Å². The highest BCUT2D eigenvalue weighted by molar-refractivity contribution is 5.99. The van der Waals surface area contributed by atoms with E-state index in [1.807, 2.05) is 0 Å². The zero-order chi connectivity index (χ0) is 28.6. The molecule has 5 rings (SSSR count). The van der Waals surface area contributed by atoms with E-state index in [1.54, 1.807) is 0 Å². The van der Waals surface area contributed by atoms with Gasteiger partial charge < -0.3 is 25.2 Å². The largest absolute Gasteiger partial charge is 0.496 e. The zero-order valence-electron chi connectivity index (χ0n) is 21.9. The van der Waals surface area contributed by atoms with Crippen LogP contribution in [0.25, 0.3) is 0 Å². The Bertz CT molecular complexity index is 1290. The van der Waals surface area contributed by atoms with Crippen LogP contribution in [0.1, 0.15) is 55.3 Å². The van der Waals surface area contributed by atoms with Gasteiger partial charge in [0.15, 0.2) is 11.6 Å². The summed E-state index contributed by atoms with van der Waals surface area (Å²) in [7, 11) is 1.30. The van der Waals surface area contributed by atoms with Crippen LogP contribution in [0.15, 0.2) is 30.3 Å². The second kappa shape index (κ2) is 11.4. The summed E-state index contributed by atoms with van der Waals surface area (Å²) in [6, 6.07) is 5.03. The lowest BCUT2D eigenvalue weighted by molar-refractivity contribution is -0.143. The Morgan fingerprint density at radius 3 is 2.23 bits per heavy atom. The van der Waals surface area contributed by atoms with Crippen molar-refractivity contribution in [2.24, 2.45) is 23.7 Å². The van der Waals surface area contributed by atoms with Crippen molar-refractivity contribution < 1.29 is 42.1 Å². The van der Waals surface area contributed by atoms with E-state index < -0.39 is 64.9 Å². The molecule has 40 heavy (non-hydrogen) atoms. The summed E-state index contributed by atoms with van der Waals surface area (Å²) in [5.74, 6) is -5.92. The van der Waals surface area contributed by atoms with E-state index in [4.69, 9.17) is 9.47 Å². The van der Waals surface area contributed by atoms with E-state index in [0.29, 0.717) is 32.1 Å². The number of hydrogen-bond donors (Lipinski definition) is 3. The summed E-state index contributed by atoms with van der Waals surface area (Å²) < 4.78 is 54.3. The fourth-order valence-corrected chi connectivity index (χ4v) is 6.51. The molecule has 0 saturated heterocycles. The van der Waals surface area contributed by atoms with Crippen LogP contribution < -0.4 is 20.1 Å². The number of carboxylic acids is 1. The average Bonchev–Trinajstić information content (AvgIpc) is 3.54. The molecule has 3 N–H and O–H groups in total. The average molecular weight is 561 g/mol. The number of carboxylic acid groups (broad SMARTS) is 1. The maximum absolute atomic E-state index is 14.9. The van der Waals surface area contributed by atoms with Gasteiger partial charge in [-0.3, -0.25) is 14.4 Å². The van der Waals surface area contributed by atoms with Gasteiger partial charge in [0.05, 0.1) is 30.6 Å². The molecule has 0 aliphatic heterocycles. The number of methoxy groups -OCH3 is 1. The number of benzene rings is 2. The molecule has 2 aromatic rings. The lowest BCUT2D eigenvalue weighted by Gasteiger charge is -2.31. The van der Waals surface area contributed by atoms with Crippen molar-refractivity contribution in [3.8, 4) is 11.5 Å². The summed E-state index contributed by atoms with van der Waals surface area (Å²) in [5.41, 5.74) is -0.514. The second-order valence-electron chi connectivity index (χ2n) is 10.9. The fraction of sp³-hybridized carbons (Fsp3) is 0.483. The standard InChI is InChI=1S/C29H31F3N2O6/c1-39-22-13-21(32)23(40-17-9-7-14(8-10-17)29(37)38)12-18(22)27(35)33-25-16-6-5-15(11-16)24(25)28(36)34-26-19(30)3-2-4-20(26)31/h2-4,12-17,24-25H,5-11H2,1H3,(H,33,35)(H,34,36)(H,37,38). The quantitative estimate of drug-likeness (QED) is 0.423. The molecule has 0 aromatic heterocycles. The van der Waals surface area contributed by atoms with Gasteiger partial charge in [0, 0.05) is 12.1 Å². The predicted octanol–water partition coefficient (Wildman–Crippen LogP) is 4.92. The van der Waals surface area contributed by atoms with Gasteiger partial charge in [-0.25, -0.2) is 13.2 Å². The van der Waals surface area contributed by atoms with Crippen molar-refractivity contribution in [2.75, 3.05) is 12.4 Å². The molecule has 3 aliphatic carbocycles. The highest BCUT2D eigenvalue weighted by Crippen LogP contribution is 2.49. The molecule has 3 aliphatic rings. The van der Waals surface area contributed by atoms with Crippen LogP contribution in [0.2, 0.25) is 0 Å². The first-order chi connectivity index (χ1) is 19.2. The first-order valence-corrected chi connectivity index (χ1v) is 13.5. The van der Waals surface area contributed by atoms with Crippen LogP contribution >= 0.6 is 0 Å². The van der Waals surface area contributed by atoms with Crippen molar-refractivity contribution in [3.63, 3.8) is 0 Å². The zero-order valence-corrected chi connectivity index (χ0v) is 21.9.